The highest BCUT2D eigenvalue weighted by Gasteiger charge is 2.28. The van der Waals surface area contributed by atoms with E-state index in [1.165, 1.54) is 17.8 Å². The van der Waals surface area contributed by atoms with Crippen LogP contribution in [0.3, 0.4) is 0 Å². The molecule has 2 atom stereocenters. The molecule has 1 fully saturated rings. The first-order chi connectivity index (χ1) is 14.9. The van der Waals surface area contributed by atoms with E-state index in [9.17, 15) is 14.0 Å². The number of rotatable bonds is 5. The number of hydrogen-bond acceptors (Lipinski definition) is 4. The van der Waals surface area contributed by atoms with Crippen LogP contribution in [0.15, 0.2) is 36.4 Å². The number of amides is 2. The van der Waals surface area contributed by atoms with Gasteiger partial charge in [-0.1, -0.05) is 24.6 Å². The number of nitrogens with one attached hydrogen (secondary N) is 2. The van der Waals surface area contributed by atoms with Crippen molar-refractivity contribution in [3.05, 3.63) is 58.4 Å². The summed E-state index contributed by atoms with van der Waals surface area (Å²) in [6.45, 7) is 3.71. The van der Waals surface area contributed by atoms with Crippen molar-refractivity contribution >= 4 is 46.6 Å². The highest BCUT2D eigenvalue weighted by atomic mass is 35.5. The van der Waals surface area contributed by atoms with Crippen molar-refractivity contribution < 1.29 is 14.0 Å². The second-order valence-electron chi connectivity index (χ2n) is 8.16. The third-order valence-corrected chi connectivity index (χ3v) is 7.12. The van der Waals surface area contributed by atoms with Crippen molar-refractivity contribution in [1.29, 1.82) is 0 Å². The van der Waals surface area contributed by atoms with E-state index < -0.39 is 6.04 Å². The van der Waals surface area contributed by atoms with Gasteiger partial charge in [0.1, 0.15) is 11.9 Å². The van der Waals surface area contributed by atoms with Gasteiger partial charge in [0.25, 0.3) is 5.91 Å². The van der Waals surface area contributed by atoms with Crippen molar-refractivity contribution in [2.75, 3.05) is 29.5 Å². The van der Waals surface area contributed by atoms with Crippen LogP contribution in [-0.4, -0.2) is 41.6 Å². The van der Waals surface area contributed by atoms with E-state index in [1.807, 2.05) is 11.0 Å². The molecule has 0 aromatic heterocycles. The van der Waals surface area contributed by atoms with E-state index in [-0.39, 0.29) is 17.6 Å². The number of halogens is 2. The summed E-state index contributed by atoms with van der Waals surface area (Å²) in [5.74, 6) is 0.841. The van der Waals surface area contributed by atoms with Gasteiger partial charge in [-0.15, -0.1) is 0 Å². The minimum atomic E-state index is -0.451. The molecule has 8 heteroatoms. The normalized spacial score (nSPS) is 20.6. The fraction of sp³-hybridized carbons (Fsp3) is 0.391. The molecule has 0 saturated carbocycles. The third kappa shape index (κ3) is 4.99. The van der Waals surface area contributed by atoms with Crippen molar-refractivity contribution in [3.8, 4) is 0 Å². The van der Waals surface area contributed by atoms with E-state index in [0.29, 0.717) is 39.3 Å². The van der Waals surface area contributed by atoms with Crippen molar-refractivity contribution in [3.63, 3.8) is 0 Å². The van der Waals surface area contributed by atoms with E-state index in [2.05, 4.69) is 17.6 Å². The fourth-order valence-corrected chi connectivity index (χ4v) is 5.40. The molecule has 4 rings (SSSR count). The molecule has 0 aliphatic carbocycles. The van der Waals surface area contributed by atoms with Gasteiger partial charge in [-0.3, -0.25) is 9.59 Å². The molecule has 2 amide bonds. The number of piperidine rings is 1. The number of anilines is 2. The first-order valence-corrected chi connectivity index (χ1v) is 12.0. The maximum Gasteiger partial charge on any atom is 0.253 e. The monoisotopic (exact) mass is 461 g/mol. The zero-order valence-electron chi connectivity index (χ0n) is 17.3. The van der Waals surface area contributed by atoms with E-state index in [1.54, 1.807) is 24.3 Å². The average Bonchev–Trinajstić information content (AvgIpc) is 2.75. The molecule has 2 heterocycles. The summed E-state index contributed by atoms with van der Waals surface area (Å²) in [6, 6.07) is 9.54. The zero-order chi connectivity index (χ0) is 22.0. The second-order valence-corrected chi connectivity index (χ2v) is 9.60. The molecule has 0 spiro atoms. The standard InChI is InChI=1S/C23H25ClFN3O2S/c1-14-4-3-9-28(11-14)23(30)15-7-8-19-20(10-15)27-22(29)21(26-19)13-31-12-16-17(24)5-2-6-18(16)25/h2,5-8,10,14,21,26H,3-4,9,11-13H2,1H3,(H,27,29). The highest BCUT2D eigenvalue weighted by molar-refractivity contribution is 7.98. The van der Waals surface area contributed by atoms with Crippen LogP contribution in [-0.2, 0) is 10.5 Å². The molecule has 31 heavy (non-hydrogen) atoms. The Labute approximate surface area is 190 Å². The number of carbonyl (C=O) groups excluding carboxylic acids is 2. The van der Waals surface area contributed by atoms with E-state index in [4.69, 9.17) is 11.6 Å². The molecule has 2 aliphatic rings. The maximum absolute atomic E-state index is 13.9. The van der Waals surface area contributed by atoms with Gasteiger partial charge in [0.2, 0.25) is 5.91 Å². The Morgan fingerprint density at radius 2 is 2.13 bits per heavy atom. The summed E-state index contributed by atoms with van der Waals surface area (Å²) < 4.78 is 13.9. The van der Waals surface area contributed by atoms with Crippen molar-refractivity contribution in [2.45, 2.75) is 31.6 Å². The topological polar surface area (TPSA) is 61.4 Å². The number of benzene rings is 2. The molecule has 0 radical (unpaired) electrons. The largest absolute Gasteiger partial charge is 0.371 e. The summed E-state index contributed by atoms with van der Waals surface area (Å²) in [7, 11) is 0. The zero-order valence-corrected chi connectivity index (χ0v) is 18.9. The molecule has 2 aromatic carbocycles. The van der Waals surface area contributed by atoms with Gasteiger partial charge in [0.05, 0.1) is 11.4 Å². The predicted octanol–water partition coefficient (Wildman–Crippen LogP) is 5.02. The Morgan fingerprint density at radius 1 is 1.29 bits per heavy atom. The Hall–Kier alpha value is -2.25. The van der Waals surface area contributed by atoms with Crippen LogP contribution in [0.5, 0.6) is 0 Å². The fourth-order valence-electron chi connectivity index (χ4n) is 4.00. The third-order valence-electron chi connectivity index (χ3n) is 5.71. The molecule has 5 nitrogen and oxygen atoms in total. The summed E-state index contributed by atoms with van der Waals surface area (Å²) in [6.07, 6.45) is 2.17. The summed E-state index contributed by atoms with van der Waals surface area (Å²) in [5, 5.41) is 6.52. The number of hydrogen-bond donors (Lipinski definition) is 2. The SMILES string of the molecule is CC1CCCN(C(=O)c2ccc3c(c2)NC(=O)C(CSCc2c(F)cccc2Cl)N3)C1. The number of thioether (sulfide) groups is 1. The molecule has 1 saturated heterocycles. The smallest absolute Gasteiger partial charge is 0.253 e. The van der Waals surface area contributed by atoms with Gasteiger partial charge in [-0.2, -0.15) is 11.8 Å². The Balaban J connectivity index is 1.39. The lowest BCUT2D eigenvalue weighted by atomic mass is 9.99. The minimum Gasteiger partial charge on any atom is -0.371 e. The number of nitrogens with zero attached hydrogens (tertiary/aromatic N) is 1. The molecule has 2 aliphatic heterocycles. The highest BCUT2D eigenvalue weighted by Crippen LogP contribution is 2.31. The lowest BCUT2D eigenvalue weighted by Gasteiger charge is -2.31. The van der Waals surface area contributed by atoms with Crippen LogP contribution >= 0.6 is 23.4 Å². The number of likely N-dealkylation sites (tertiary alicyclic amines) is 1. The van der Waals surface area contributed by atoms with Crippen LogP contribution in [0.25, 0.3) is 0 Å². The molecular formula is C23H25ClFN3O2S. The van der Waals surface area contributed by atoms with Crippen LogP contribution in [0.2, 0.25) is 5.02 Å². The van der Waals surface area contributed by atoms with Crippen molar-refractivity contribution in [1.82, 2.24) is 4.90 Å². The Bertz CT molecular complexity index is 983. The van der Waals surface area contributed by atoms with Gasteiger partial charge in [-0.05, 0) is 49.1 Å². The van der Waals surface area contributed by atoms with E-state index >= 15 is 0 Å². The van der Waals surface area contributed by atoms with Gasteiger partial charge in [0, 0.05) is 40.7 Å². The van der Waals surface area contributed by atoms with Gasteiger partial charge in [-0.25, -0.2) is 4.39 Å². The van der Waals surface area contributed by atoms with Crippen LogP contribution in [0.4, 0.5) is 15.8 Å². The molecular weight excluding hydrogens is 437 g/mol. The molecule has 2 N–H and O–H groups in total. The molecule has 2 aromatic rings. The van der Waals surface area contributed by atoms with Crippen LogP contribution in [0.1, 0.15) is 35.7 Å². The van der Waals surface area contributed by atoms with Crippen LogP contribution < -0.4 is 10.6 Å². The lowest BCUT2D eigenvalue weighted by molar-refractivity contribution is -0.116. The van der Waals surface area contributed by atoms with Crippen LogP contribution in [0, 0.1) is 11.7 Å². The minimum absolute atomic E-state index is 0.00282. The van der Waals surface area contributed by atoms with Crippen molar-refractivity contribution in [2.24, 2.45) is 5.92 Å². The maximum atomic E-state index is 13.9. The average molecular weight is 462 g/mol. The molecule has 0 bridgehead atoms. The van der Waals surface area contributed by atoms with Gasteiger partial charge < -0.3 is 15.5 Å². The van der Waals surface area contributed by atoms with Gasteiger partial charge >= 0.3 is 0 Å². The summed E-state index contributed by atoms with van der Waals surface area (Å²) in [5.41, 5.74) is 2.41. The summed E-state index contributed by atoms with van der Waals surface area (Å²) in [4.78, 5) is 27.3. The Morgan fingerprint density at radius 3 is 2.90 bits per heavy atom. The second kappa shape index (κ2) is 9.49. The van der Waals surface area contributed by atoms with Gasteiger partial charge in [0.15, 0.2) is 0 Å². The lowest BCUT2D eigenvalue weighted by Crippen LogP contribution is -2.41. The first-order valence-electron chi connectivity index (χ1n) is 10.4. The molecule has 2 unspecified atom stereocenters. The summed E-state index contributed by atoms with van der Waals surface area (Å²) >= 11 is 7.51. The predicted molar refractivity (Wildman–Crippen MR) is 124 cm³/mol. The Kier molecular flexibility index (Phi) is 6.72. The first kappa shape index (κ1) is 22.0. The number of fused-ring (bicyclic) bond motifs is 1. The van der Waals surface area contributed by atoms with E-state index in [0.717, 1.165) is 31.6 Å². The molecule has 164 valence electrons. The number of carbonyl (C=O) groups is 2. The quantitative estimate of drug-likeness (QED) is 0.656.